The van der Waals surface area contributed by atoms with Gasteiger partial charge in [0.15, 0.2) is 0 Å². The summed E-state index contributed by atoms with van der Waals surface area (Å²) in [6.07, 6.45) is 0. The zero-order valence-electron chi connectivity index (χ0n) is 9.71. The normalized spacial score (nSPS) is 12.8. The number of hydrogen-bond acceptors (Lipinski definition) is 2. The van der Waals surface area contributed by atoms with Crippen molar-refractivity contribution in [2.24, 2.45) is 5.92 Å². The molecule has 0 saturated heterocycles. The first-order valence-corrected chi connectivity index (χ1v) is 5.69. The van der Waals surface area contributed by atoms with Gasteiger partial charge in [-0.1, -0.05) is 25.4 Å². The summed E-state index contributed by atoms with van der Waals surface area (Å²) < 4.78 is 13.4. The van der Waals surface area contributed by atoms with Crippen molar-refractivity contribution < 1.29 is 14.3 Å². The third kappa shape index (κ3) is 3.98. The van der Waals surface area contributed by atoms with E-state index in [2.05, 4.69) is 5.32 Å². The van der Waals surface area contributed by atoms with Crippen molar-refractivity contribution in [3.63, 3.8) is 0 Å². The molecular weight excluding hydrogens is 245 g/mol. The van der Waals surface area contributed by atoms with Gasteiger partial charge in [-0.2, -0.15) is 0 Å². The molecule has 5 heteroatoms. The molecule has 0 saturated carbocycles. The van der Waals surface area contributed by atoms with Crippen molar-refractivity contribution in [2.75, 3.05) is 0 Å². The van der Waals surface area contributed by atoms with Crippen LogP contribution >= 0.6 is 11.6 Å². The standard InChI is InChI=1S/C12H15ClFNO2/c1-7(2)11(12(16)17)15-6-8-5-9(13)3-4-10(8)14/h3-5,7,11,15H,6H2,1-2H3,(H,16,17)/t11-/m1/s1. The summed E-state index contributed by atoms with van der Waals surface area (Å²) in [5.74, 6) is -1.41. The average Bonchev–Trinajstić information content (AvgIpc) is 2.22. The van der Waals surface area contributed by atoms with Gasteiger partial charge in [-0.15, -0.1) is 0 Å². The number of halogens is 2. The van der Waals surface area contributed by atoms with Gasteiger partial charge < -0.3 is 5.11 Å². The van der Waals surface area contributed by atoms with Crippen LogP contribution in [0.3, 0.4) is 0 Å². The maximum atomic E-state index is 13.4. The lowest BCUT2D eigenvalue weighted by Gasteiger charge is -2.18. The molecule has 2 N–H and O–H groups in total. The fourth-order valence-corrected chi connectivity index (χ4v) is 1.70. The second kappa shape index (κ2) is 5.98. The van der Waals surface area contributed by atoms with Crippen LogP contribution in [0.4, 0.5) is 4.39 Å². The lowest BCUT2D eigenvalue weighted by atomic mass is 10.0. The van der Waals surface area contributed by atoms with Crippen LogP contribution in [0.2, 0.25) is 5.02 Å². The highest BCUT2D eigenvalue weighted by molar-refractivity contribution is 6.30. The van der Waals surface area contributed by atoms with Gasteiger partial charge in [0, 0.05) is 17.1 Å². The van der Waals surface area contributed by atoms with Crippen LogP contribution in [0.5, 0.6) is 0 Å². The molecule has 0 bridgehead atoms. The molecule has 1 aromatic rings. The SMILES string of the molecule is CC(C)[C@@H](NCc1cc(Cl)ccc1F)C(=O)O. The molecule has 0 unspecified atom stereocenters. The Morgan fingerprint density at radius 1 is 1.53 bits per heavy atom. The molecule has 0 spiro atoms. The van der Waals surface area contributed by atoms with Crippen molar-refractivity contribution in [2.45, 2.75) is 26.4 Å². The predicted molar refractivity (Wildman–Crippen MR) is 64.5 cm³/mol. The first-order chi connectivity index (χ1) is 7.91. The van der Waals surface area contributed by atoms with Crippen molar-refractivity contribution in [1.82, 2.24) is 5.32 Å². The Labute approximate surface area is 105 Å². The number of benzene rings is 1. The topological polar surface area (TPSA) is 49.3 Å². The average molecular weight is 260 g/mol. The quantitative estimate of drug-likeness (QED) is 0.855. The zero-order valence-corrected chi connectivity index (χ0v) is 10.5. The molecule has 94 valence electrons. The Morgan fingerprint density at radius 3 is 2.71 bits per heavy atom. The summed E-state index contributed by atoms with van der Waals surface area (Å²) in [7, 11) is 0. The number of hydrogen-bond donors (Lipinski definition) is 2. The minimum atomic E-state index is -0.942. The lowest BCUT2D eigenvalue weighted by molar-refractivity contribution is -0.140. The number of carboxylic acids is 1. The molecule has 0 amide bonds. The maximum absolute atomic E-state index is 13.4. The van der Waals surface area contributed by atoms with Gasteiger partial charge in [0.1, 0.15) is 11.9 Å². The van der Waals surface area contributed by atoms with Crippen molar-refractivity contribution in [1.29, 1.82) is 0 Å². The molecular formula is C12H15ClFNO2. The Bertz CT molecular complexity index is 409. The van der Waals surface area contributed by atoms with Gasteiger partial charge in [0.2, 0.25) is 0 Å². The minimum absolute atomic E-state index is 0.0743. The fourth-order valence-electron chi connectivity index (χ4n) is 1.51. The maximum Gasteiger partial charge on any atom is 0.320 e. The largest absolute Gasteiger partial charge is 0.480 e. The van der Waals surface area contributed by atoms with Crippen LogP contribution in [-0.4, -0.2) is 17.1 Å². The van der Waals surface area contributed by atoms with Crippen LogP contribution in [0, 0.1) is 11.7 Å². The van der Waals surface area contributed by atoms with Crippen LogP contribution in [0.1, 0.15) is 19.4 Å². The molecule has 0 aromatic heterocycles. The molecule has 17 heavy (non-hydrogen) atoms. The number of rotatable bonds is 5. The fraction of sp³-hybridized carbons (Fsp3) is 0.417. The van der Waals surface area contributed by atoms with E-state index in [0.29, 0.717) is 10.6 Å². The second-order valence-electron chi connectivity index (χ2n) is 4.18. The summed E-state index contributed by atoms with van der Waals surface area (Å²) >= 11 is 5.75. The molecule has 3 nitrogen and oxygen atoms in total. The van der Waals surface area contributed by atoms with E-state index < -0.39 is 17.8 Å². The van der Waals surface area contributed by atoms with E-state index in [4.69, 9.17) is 16.7 Å². The number of nitrogens with one attached hydrogen (secondary N) is 1. The van der Waals surface area contributed by atoms with Crippen LogP contribution in [0.25, 0.3) is 0 Å². The highest BCUT2D eigenvalue weighted by Crippen LogP contribution is 2.15. The van der Waals surface area contributed by atoms with Gasteiger partial charge in [-0.25, -0.2) is 4.39 Å². The molecule has 0 aliphatic rings. The third-order valence-electron chi connectivity index (χ3n) is 2.45. The minimum Gasteiger partial charge on any atom is -0.480 e. The molecule has 0 radical (unpaired) electrons. The van der Waals surface area contributed by atoms with Gasteiger partial charge in [0.25, 0.3) is 0 Å². The summed E-state index contributed by atoms with van der Waals surface area (Å²) in [5.41, 5.74) is 0.365. The molecule has 0 aliphatic heterocycles. The van der Waals surface area contributed by atoms with E-state index in [1.165, 1.54) is 18.2 Å². The van der Waals surface area contributed by atoms with Crippen LogP contribution in [-0.2, 0) is 11.3 Å². The molecule has 1 rings (SSSR count). The summed E-state index contributed by atoms with van der Waals surface area (Å²) in [4.78, 5) is 10.9. The predicted octanol–water partition coefficient (Wildman–Crippen LogP) is 2.68. The van der Waals surface area contributed by atoms with E-state index in [-0.39, 0.29) is 12.5 Å². The van der Waals surface area contributed by atoms with E-state index in [9.17, 15) is 9.18 Å². The lowest BCUT2D eigenvalue weighted by Crippen LogP contribution is -2.40. The summed E-state index contributed by atoms with van der Waals surface area (Å²) in [5, 5.41) is 12.2. The Morgan fingerprint density at radius 2 is 2.18 bits per heavy atom. The summed E-state index contributed by atoms with van der Waals surface area (Å²) in [6, 6.07) is 3.51. The van der Waals surface area contributed by atoms with Crippen LogP contribution < -0.4 is 5.32 Å². The number of carbonyl (C=O) groups is 1. The Balaban J connectivity index is 2.72. The molecule has 1 aromatic carbocycles. The Kier molecular flexibility index (Phi) is 4.90. The molecule has 0 aliphatic carbocycles. The van der Waals surface area contributed by atoms with Crippen LogP contribution in [0.15, 0.2) is 18.2 Å². The van der Waals surface area contributed by atoms with Gasteiger partial charge in [0.05, 0.1) is 0 Å². The van der Waals surface area contributed by atoms with Crippen molar-refractivity contribution >= 4 is 17.6 Å². The Hall–Kier alpha value is -1.13. The molecule has 0 heterocycles. The van der Waals surface area contributed by atoms with Crippen molar-refractivity contribution in [3.05, 3.63) is 34.6 Å². The molecule has 1 atom stereocenters. The van der Waals surface area contributed by atoms with E-state index in [0.717, 1.165) is 0 Å². The van der Waals surface area contributed by atoms with Crippen molar-refractivity contribution in [3.8, 4) is 0 Å². The monoisotopic (exact) mass is 259 g/mol. The van der Waals surface area contributed by atoms with Gasteiger partial charge in [-0.05, 0) is 24.1 Å². The smallest absolute Gasteiger partial charge is 0.320 e. The highest BCUT2D eigenvalue weighted by atomic mass is 35.5. The zero-order chi connectivity index (χ0) is 13.0. The van der Waals surface area contributed by atoms with E-state index in [1.807, 2.05) is 0 Å². The number of aliphatic carboxylic acids is 1. The second-order valence-corrected chi connectivity index (χ2v) is 4.61. The number of carboxylic acid groups (broad SMARTS) is 1. The first-order valence-electron chi connectivity index (χ1n) is 5.32. The highest BCUT2D eigenvalue weighted by Gasteiger charge is 2.20. The summed E-state index contributed by atoms with van der Waals surface area (Å²) in [6.45, 7) is 3.72. The molecule has 0 fully saturated rings. The first kappa shape index (κ1) is 13.9. The van der Waals surface area contributed by atoms with Gasteiger partial charge in [-0.3, -0.25) is 10.1 Å². The van der Waals surface area contributed by atoms with E-state index >= 15 is 0 Å². The third-order valence-corrected chi connectivity index (χ3v) is 2.69. The van der Waals surface area contributed by atoms with E-state index in [1.54, 1.807) is 13.8 Å². The van der Waals surface area contributed by atoms with Gasteiger partial charge >= 0.3 is 5.97 Å².